The van der Waals surface area contributed by atoms with Gasteiger partial charge in [-0.2, -0.15) is 0 Å². The molecule has 1 aromatic carbocycles. The summed E-state index contributed by atoms with van der Waals surface area (Å²) in [6, 6.07) is 5.94. The first-order valence-electron chi connectivity index (χ1n) is 8.96. The molecular formula is C18H30N3O2+. The van der Waals surface area contributed by atoms with Gasteiger partial charge in [0.05, 0.1) is 38.5 Å². The smallest absolute Gasteiger partial charge is 0.144 e. The Morgan fingerprint density at radius 1 is 1.17 bits per heavy atom. The maximum Gasteiger partial charge on any atom is 0.144 e. The van der Waals surface area contributed by atoms with Gasteiger partial charge in [-0.15, -0.1) is 0 Å². The predicted molar refractivity (Wildman–Crippen MR) is 93.8 cm³/mol. The van der Waals surface area contributed by atoms with Crippen molar-refractivity contribution >= 4 is 11.4 Å². The second kappa shape index (κ2) is 7.41. The quantitative estimate of drug-likeness (QED) is 0.620. The highest BCUT2D eigenvalue weighted by Crippen LogP contribution is 2.33. The molecule has 0 atom stereocenters. The fourth-order valence-corrected chi connectivity index (χ4v) is 4.08. The molecule has 5 nitrogen and oxygen atoms in total. The maximum atomic E-state index is 9.43. The Morgan fingerprint density at radius 2 is 2.00 bits per heavy atom. The van der Waals surface area contributed by atoms with Crippen LogP contribution in [0.4, 0.5) is 11.4 Å². The second-order valence-corrected chi connectivity index (χ2v) is 6.94. The highest BCUT2D eigenvalue weighted by molar-refractivity contribution is 5.65. The fraction of sp³-hybridized carbons (Fsp3) is 0.667. The number of aliphatic hydroxyl groups is 1. The van der Waals surface area contributed by atoms with Gasteiger partial charge in [0.1, 0.15) is 18.9 Å². The number of nitrogens with zero attached hydrogens (tertiary/aromatic N) is 2. The highest BCUT2D eigenvalue weighted by atomic mass is 16.5. The first-order valence-corrected chi connectivity index (χ1v) is 8.96. The van der Waals surface area contributed by atoms with Crippen molar-refractivity contribution < 1.29 is 14.3 Å². The number of benzene rings is 1. The molecule has 5 heteroatoms. The number of anilines is 2. The lowest BCUT2D eigenvalue weighted by Gasteiger charge is -2.42. The van der Waals surface area contributed by atoms with Crippen molar-refractivity contribution in [2.24, 2.45) is 0 Å². The molecule has 1 fully saturated rings. The summed E-state index contributed by atoms with van der Waals surface area (Å²) in [5, 5.41) is 9.43. The lowest BCUT2D eigenvalue weighted by molar-refractivity contribution is -0.932. The van der Waals surface area contributed by atoms with Crippen molar-refractivity contribution in [2.75, 3.05) is 63.1 Å². The van der Waals surface area contributed by atoms with Crippen molar-refractivity contribution in [2.45, 2.75) is 25.7 Å². The van der Waals surface area contributed by atoms with E-state index in [-0.39, 0.29) is 0 Å². The molecule has 1 saturated heterocycles. The predicted octanol–water partition coefficient (Wildman–Crippen LogP) is 1.85. The fourth-order valence-electron chi connectivity index (χ4n) is 4.08. The molecule has 128 valence electrons. The summed E-state index contributed by atoms with van der Waals surface area (Å²) in [6.45, 7) is 7.57. The van der Waals surface area contributed by atoms with Crippen LogP contribution in [0.2, 0.25) is 0 Å². The van der Waals surface area contributed by atoms with Crippen molar-refractivity contribution in [1.82, 2.24) is 0 Å². The minimum atomic E-state index is 0.305. The number of piperidine rings is 1. The van der Waals surface area contributed by atoms with Gasteiger partial charge in [0.2, 0.25) is 0 Å². The zero-order chi connectivity index (χ0) is 16.1. The summed E-state index contributed by atoms with van der Waals surface area (Å²) < 4.78 is 6.84. The van der Waals surface area contributed by atoms with Gasteiger partial charge < -0.3 is 25.0 Å². The van der Waals surface area contributed by atoms with Crippen LogP contribution in [0.15, 0.2) is 18.2 Å². The Labute approximate surface area is 139 Å². The normalized spacial score (nSPS) is 20.0. The summed E-state index contributed by atoms with van der Waals surface area (Å²) in [7, 11) is 0. The van der Waals surface area contributed by atoms with E-state index in [1.807, 2.05) is 12.1 Å². The minimum Gasteiger partial charge on any atom is -0.489 e. The molecular weight excluding hydrogens is 290 g/mol. The van der Waals surface area contributed by atoms with Crippen molar-refractivity contribution in [3.05, 3.63) is 18.2 Å². The van der Waals surface area contributed by atoms with Crippen LogP contribution in [-0.4, -0.2) is 62.1 Å². The summed E-state index contributed by atoms with van der Waals surface area (Å²) in [5.41, 5.74) is 7.77. The third kappa shape index (κ3) is 3.90. The Balaban J connectivity index is 1.58. The third-order valence-corrected chi connectivity index (χ3v) is 5.34. The minimum absolute atomic E-state index is 0.305. The number of likely N-dealkylation sites (tertiary alicyclic amines) is 1. The second-order valence-electron chi connectivity index (χ2n) is 6.94. The average molecular weight is 320 g/mol. The number of aliphatic hydroxyl groups excluding tert-OH is 1. The van der Waals surface area contributed by atoms with Gasteiger partial charge in [-0.3, -0.25) is 0 Å². The van der Waals surface area contributed by atoms with Gasteiger partial charge in [-0.1, -0.05) is 0 Å². The first kappa shape index (κ1) is 16.4. The Hall–Kier alpha value is -1.46. The van der Waals surface area contributed by atoms with Crippen molar-refractivity contribution in [3.63, 3.8) is 0 Å². The van der Waals surface area contributed by atoms with Gasteiger partial charge >= 0.3 is 0 Å². The molecule has 0 aliphatic carbocycles. The van der Waals surface area contributed by atoms with E-state index < -0.39 is 0 Å². The van der Waals surface area contributed by atoms with Crippen LogP contribution in [0.5, 0.6) is 5.75 Å². The molecule has 0 bridgehead atoms. The van der Waals surface area contributed by atoms with E-state index in [1.165, 1.54) is 38.9 Å². The lowest BCUT2D eigenvalue weighted by Crippen LogP contribution is -2.54. The molecule has 3 N–H and O–H groups in total. The molecule has 2 aliphatic rings. The number of hydrogen-bond acceptors (Lipinski definition) is 4. The Morgan fingerprint density at radius 3 is 2.78 bits per heavy atom. The van der Waals surface area contributed by atoms with Crippen LogP contribution in [0.1, 0.15) is 25.7 Å². The molecule has 0 unspecified atom stereocenters. The zero-order valence-electron chi connectivity index (χ0n) is 14.0. The number of hydrogen-bond donors (Lipinski definition) is 2. The number of fused-ring (bicyclic) bond motifs is 1. The number of nitrogens with two attached hydrogens (primary N) is 1. The van der Waals surface area contributed by atoms with Crippen LogP contribution in [0, 0.1) is 0 Å². The molecule has 2 heterocycles. The van der Waals surface area contributed by atoms with E-state index in [9.17, 15) is 5.11 Å². The van der Waals surface area contributed by atoms with Gasteiger partial charge in [-0.05, 0) is 31.4 Å². The van der Waals surface area contributed by atoms with E-state index in [1.54, 1.807) is 0 Å². The molecule has 1 aromatic rings. The zero-order valence-corrected chi connectivity index (χ0v) is 14.0. The van der Waals surface area contributed by atoms with E-state index in [0.29, 0.717) is 6.61 Å². The van der Waals surface area contributed by atoms with Crippen LogP contribution in [0.3, 0.4) is 0 Å². The van der Waals surface area contributed by atoms with Gasteiger partial charge in [0, 0.05) is 24.7 Å². The maximum absolute atomic E-state index is 9.43. The van der Waals surface area contributed by atoms with E-state index >= 15 is 0 Å². The van der Waals surface area contributed by atoms with Gasteiger partial charge in [-0.25, -0.2) is 0 Å². The van der Waals surface area contributed by atoms with Crippen molar-refractivity contribution in [3.8, 4) is 5.75 Å². The molecule has 23 heavy (non-hydrogen) atoms. The van der Waals surface area contributed by atoms with Crippen LogP contribution < -0.4 is 15.4 Å². The standard InChI is InChI=1S/C18H30N3O2/c19-16-5-6-17-18(15-16)23-14-8-20(17)7-4-11-21(12-13-22)9-2-1-3-10-21/h5-6,15,22H,1-4,7-14,19H2/q+1. The molecule has 0 spiro atoms. The number of ether oxygens (including phenoxy) is 1. The molecule has 0 aromatic heterocycles. The van der Waals surface area contributed by atoms with E-state index in [0.717, 1.165) is 54.3 Å². The molecule has 0 saturated carbocycles. The summed E-state index contributed by atoms with van der Waals surface area (Å²) in [5.74, 6) is 0.911. The monoisotopic (exact) mass is 320 g/mol. The Bertz CT molecular complexity index is 509. The van der Waals surface area contributed by atoms with Crippen LogP contribution >= 0.6 is 0 Å². The van der Waals surface area contributed by atoms with Crippen LogP contribution in [0.25, 0.3) is 0 Å². The summed E-state index contributed by atoms with van der Waals surface area (Å²) >= 11 is 0. The van der Waals surface area contributed by atoms with Crippen LogP contribution in [-0.2, 0) is 0 Å². The summed E-state index contributed by atoms with van der Waals surface area (Å²) in [4.78, 5) is 2.41. The van der Waals surface area contributed by atoms with E-state index in [2.05, 4.69) is 11.0 Å². The molecule has 0 radical (unpaired) electrons. The lowest BCUT2D eigenvalue weighted by atomic mass is 10.1. The van der Waals surface area contributed by atoms with Crippen molar-refractivity contribution in [1.29, 1.82) is 0 Å². The number of rotatable bonds is 6. The van der Waals surface area contributed by atoms with Gasteiger partial charge in [0.15, 0.2) is 0 Å². The molecule has 3 rings (SSSR count). The first-order chi connectivity index (χ1) is 11.2. The average Bonchev–Trinajstić information content (AvgIpc) is 2.56. The Kier molecular flexibility index (Phi) is 5.28. The SMILES string of the molecule is Nc1ccc2c(c1)OCCN2CCC[N+]1(CCO)CCCCC1. The topological polar surface area (TPSA) is 58.7 Å². The van der Waals surface area contributed by atoms with E-state index in [4.69, 9.17) is 10.5 Å². The summed E-state index contributed by atoms with van der Waals surface area (Å²) in [6.07, 6.45) is 5.12. The number of quaternary nitrogens is 1. The molecule has 0 amide bonds. The highest BCUT2D eigenvalue weighted by Gasteiger charge is 2.29. The van der Waals surface area contributed by atoms with Gasteiger partial charge in [0.25, 0.3) is 0 Å². The third-order valence-electron chi connectivity index (χ3n) is 5.34. The molecule has 2 aliphatic heterocycles. The number of nitrogen functional groups attached to an aromatic ring is 1. The largest absolute Gasteiger partial charge is 0.489 e.